The Morgan fingerprint density at radius 2 is 1.83 bits per heavy atom. The molecule has 0 aliphatic carbocycles. The summed E-state index contributed by atoms with van der Waals surface area (Å²) in [5.41, 5.74) is 0.423. The van der Waals surface area contributed by atoms with E-state index >= 15 is 0 Å². The molecule has 0 atom stereocenters. The predicted octanol–water partition coefficient (Wildman–Crippen LogP) is 2.48. The summed E-state index contributed by atoms with van der Waals surface area (Å²) < 4.78 is 15.5. The third-order valence-corrected chi connectivity index (χ3v) is 3.13. The van der Waals surface area contributed by atoms with Gasteiger partial charge in [-0.1, -0.05) is 11.8 Å². The third kappa shape index (κ3) is 5.11. The van der Waals surface area contributed by atoms with Gasteiger partial charge in [0.2, 0.25) is 0 Å². The molecule has 0 unspecified atom stereocenters. The fraction of sp³-hybridized carbons (Fsp3) is 0.278. The van der Waals surface area contributed by atoms with Crippen molar-refractivity contribution >= 4 is 5.69 Å². The Balaban J connectivity index is 1.83. The van der Waals surface area contributed by atoms with Gasteiger partial charge < -0.3 is 18.8 Å². The van der Waals surface area contributed by atoms with Crippen molar-refractivity contribution < 1.29 is 13.9 Å². The maximum absolute atomic E-state index is 11.3. The number of ether oxygens (including phenoxy) is 2. The SMILES string of the molecule is COc1ccc(OCC#CCN(C)c2cc(C)oc(=O)c2)cc1. The fourth-order valence-corrected chi connectivity index (χ4v) is 1.92. The molecule has 0 fully saturated rings. The largest absolute Gasteiger partial charge is 0.497 e. The molecule has 5 heteroatoms. The Kier molecular flexibility index (Phi) is 5.70. The summed E-state index contributed by atoms with van der Waals surface area (Å²) in [5, 5.41) is 0. The van der Waals surface area contributed by atoms with Gasteiger partial charge in [0, 0.05) is 18.8 Å². The fourth-order valence-electron chi connectivity index (χ4n) is 1.92. The van der Waals surface area contributed by atoms with Gasteiger partial charge in [-0.05, 0) is 37.3 Å². The van der Waals surface area contributed by atoms with Crippen LogP contribution in [-0.2, 0) is 0 Å². The van der Waals surface area contributed by atoms with Gasteiger partial charge in [-0.25, -0.2) is 4.79 Å². The molecule has 0 radical (unpaired) electrons. The minimum Gasteiger partial charge on any atom is -0.497 e. The molecular weight excluding hydrogens is 294 g/mol. The third-order valence-electron chi connectivity index (χ3n) is 3.13. The van der Waals surface area contributed by atoms with Crippen molar-refractivity contribution in [2.45, 2.75) is 6.92 Å². The summed E-state index contributed by atoms with van der Waals surface area (Å²) in [6.45, 7) is 2.54. The highest BCUT2D eigenvalue weighted by Crippen LogP contribution is 2.16. The van der Waals surface area contributed by atoms with E-state index in [4.69, 9.17) is 13.9 Å². The number of hydrogen-bond acceptors (Lipinski definition) is 5. The Morgan fingerprint density at radius 1 is 1.13 bits per heavy atom. The Labute approximate surface area is 135 Å². The number of hydrogen-bond donors (Lipinski definition) is 0. The van der Waals surface area contributed by atoms with Crippen LogP contribution >= 0.6 is 0 Å². The number of anilines is 1. The van der Waals surface area contributed by atoms with Gasteiger partial charge in [-0.3, -0.25) is 0 Å². The van der Waals surface area contributed by atoms with E-state index in [2.05, 4.69) is 11.8 Å². The van der Waals surface area contributed by atoms with E-state index in [0.29, 0.717) is 18.9 Å². The topological polar surface area (TPSA) is 51.9 Å². The van der Waals surface area contributed by atoms with Crippen LogP contribution < -0.4 is 20.0 Å². The normalized spacial score (nSPS) is 9.70. The van der Waals surface area contributed by atoms with Crippen molar-refractivity contribution in [3.8, 4) is 23.3 Å². The number of methoxy groups -OCH3 is 1. The molecule has 0 saturated heterocycles. The van der Waals surface area contributed by atoms with Crippen molar-refractivity contribution in [2.75, 3.05) is 32.2 Å². The van der Waals surface area contributed by atoms with E-state index in [1.807, 2.05) is 36.2 Å². The minimum absolute atomic E-state index is 0.302. The monoisotopic (exact) mass is 313 g/mol. The van der Waals surface area contributed by atoms with Crippen molar-refractivity contribution in [3.63, 3.8) is 0 Å². The second kappa shape index (κ2) is 7.95. The van der Waals surface area contributed by atoms with Crippen molar-refractivity contribution in [2.24, 2.45) is 0 Å². The second-order valence-corrected chi connectivity index (χ2v) is 4.92. The van der Waals surface area contributed by atoms with Crippen LogP contribution in [-0.4, -0.2) is 27.3 Å². The van der Waals surface area contributed by atoms with Crippen LogP contribution in [0.1, 0.15) is 5.76 Å². The first-order valence-electron chi connectivity index (χ1n) is 7.14. The molecule has 2 aromatic rings. The van der Waals surface area contributed by atoms with Crippen molar-refractivity contribution in [1.29, 1.82) is 0 Å². The van der Waals surface area contributed by atoms with Crippen LogP contribution in [0.2, 0.25) is 0 Å². The van der Waals surface area contributed by atoms with Crippen LogP contribution in [0.3, 0.4) is 0 Å². The molecule has 2 rings (SSSR count). The first-order chi connectivity index (χ1) is 11.1. The molecule has 5 nitrogen and oxygen atoms in total. The van der Waals surface area contributed by atoms with E-state index in [0.717, 1.165) is 17.2 Å². The lowest BCUT2D eigenvalue weighted by Gasteiger charge is -2.15. The molecule has 0 bridgehead atoms. The van der Waals surface area contributed by atoms with E-state index in [9.17, 15) is 4.79 Å². The van der Waals surface area contributed by atoms with Crippen molar-refractivity contribution in [1.82, 2.24) is 0 Å². The zero-order valence-corrected chi connectivity index (χ0v) is 13.5. The molecule has 0 aliphatic heterocycles. The number of nitrogens with zero attached hydrogens (tertiary/aromatic N) is 1. The average Bonchev–Trinajstić information content (AvgIpc) is 2.54. The second-order valence-electron chi connectivity index (χ2n) is 4.92. The van der Waals surface area contributed by atoms with Crippen LogP contribution in [0.4, 0.5) is 5.69 Å². The standard InChI is InChI=1S/C18H19NO4/c1-14-12-15(13-18(20)23-14)19(2)10-4-5-11-22-17-8-6-16(21-3)7-9-17/h6-9,12-13H,10-11H2,1-3H3. The predicted molar refractivity (Wildman–Crippen MR) is 89.3 cm³/mol. The van der Waals surface area contributed by atoms with Gasteiger partial charge in [0.15, 0.2) is 0 Å². The van der Waals surface area contributed by atoms with E-state index in [1.54, 1.807) is 20.1 Å². The van der Waals surface area contributed by atoms with Crippen LogP contribution in [0.5, 0.6) is 11.5 Å². The molecule has 0 amide bonds. The summed E-state index contributed by atoms with van der Waals surface area (Å²) in [6, 6.07) is 10.6. The number of aryl methyl sites for hydroxylation is 1. The molecule has 1 heterocycles. The van der Waals surface area contributed by atoms with Crippen molar-refractivity contribution in [3.05, 3.63) is 52.6 Å². The lowest BCUT2D eigenvalue weighted by molar-refractivity contribution is 0.367. The Bertz CT molecular complexity index is 753. The van der Waals surface area contributed by atoms with Gasteiger partial charge in [-0.15, -0.1) is 0 Å². The van der Waals surface area contributed by atoms with Crippen LogP contribution in [0.15, 0.2) is 45.6 Å². The van der Waals surface area contributed by atoms with Gasteiger partial charge in [-0.2, -0.15) is 0 Å². The maximum Gasteiger partial charge on any atom is 0.337 e. The van der Waals surface area contributed by atoms with E-state index in [-0.39, 0.29) is 5.63 Å². The summed E-state index contributed by atoms with van der Waals surface area (Å²) in [6.07, 6.45) is 0. The van der Waals surface area contributed by atoms with Gasteiger partial charge in [0.25, 0.3) is 0 Å². The lowest BCUT2D eigenvalue weighted by atomic mass is 10.3. The number of benzene rings is 1. The first kappa shape index (κ1) is 16.5. The Morgan fingerprint density at radius 3 is 2.48 bits per heavy atom. The molecule has 23 heavy (non-hydrogen) atoms. The first-order valence-corrected chi connectivity index (χ1v) is 7.14. The number of rotatable bonds is 5. The molecule has 0 N–H and O–H groups in total. The summed E-state index contributed by atoms with van der Waals surface area (Å²) in [4.78, 5) is 13.2. The van der Waals surface area contributed by atoms with E-state index < -0.39 is 0 Å². The van der Waals surface area contributed by atoms with Gasteiger partial charge in [0.1, 0.15) is 23.9 Å². The quantitative estimate of drug-likeness (QED) is 0.794. The highest BCUT2D eigenvalue weighted by Gasteiger charge is 2.02. The highest BCUT2D eigenvalue weighted by atomic mass is 16.5. The molecule has 0 aliphatic rings. The van der Waals surface area contributed by atoms with Crippen LogP contribution in [0, 0.1) is 18.8 Å². The molecule has 0 spiro atoms. The molecule has 120 valence electrons. The molecule has 1 aromatic heterocycles. The zero-order valence-electron chi connectivity index (χ0n) is 13.5. The average molecular weight is 313 g/mol. The van der Waals surface area contributed by atoms with Gasteiger partial charge in [0.05, 0.1) is 13.7 Å². The van der Waals surface area contributed by atoms with E-state index in [1.165, 1.54) is 6.07 Å². The van der Waals surface area contributed by atoms with Crippen LogP contribution in [0.25, 0.3) is 0 Å². The smallest absolute Gasteiger partial charge is 0.337 e. The Hall–Kier alpha value is -2.87. The maximum atomic E-state index is 11.3. The molecule has 0 saturated carbocycles. The lowest BCUT2D eigenvalue weighted by Crippen LogP contribution is -2.19. The highest BCUT2D eigenvalue weighted by molar-refractivity contribution is 5.45. The minimum atomic E-state index is -0.359. The molecular formula is C18H19NO4. The summed E-state index contributed by atoms with van der Waals surface area (Å²) in [7, 11) is 3.49. The summed E-state index contributed by atoms with van der Waals surface area (Å²) in [5.74, 6) is 8.06. The van der Waals surface area contributed by atoms with Gasteiger partial charge >= 0.3 is 5.63 Å². The summed E-state index contributed by atoms with van der Waals surface area (Å²) >= 11 is 0. The molecule has 1 aromatic carbocycles. The zero-order chi connectivity index (χ0) is 16.7.